The van der Waals surface area contributed by atoms with Crippen LogP contribution in [0.3, 0.4) is 0 Å². The number of hydrogen-bond acceptors (Lipinski definition) is 2. The quantitative estimate of drug-likeness (QED) is 0.352. The van der Waals surface area contributed by atoms with Gasteiger partial charge in [0.2, 0.25) is 0 Å². The average Bonchev–Trinajstić information content (AvgIpc) is 2.65. The van der Waals surface area contributed by atoms with E-state index >= 15 is 0 Å². The molecule has 130 valence electrons. The van der Waals surface area contributed by atoms with Crippen molar-refractivity contribution in [3.63, 3.8) is 0 Å². The Morgan fingerprint density at radius 3 is 2.04 bits per heavy atom. The van der Waals surface area contributed by atoms with E-state index in [0.29, 0.717) is 0 Å². The zero-order valence-electron chi connectivity index (χ0n) is 15.4. The molecule has 0 radical (unpaired) electrons. The van der Waals surface area contributed by atoms with Gasteiger partial charge in [-0.2, -0.15) is 0 Å². The number of nitrogens with zero attached hydrogens (tertiary/aromatic N) is 1. The summed E-state index contributed by atoms with van der Waals surface area (Å²) < 4.78 is 0. The van der Waals surface area contributed by atoms with Crippen molar-refractivity contribution in [3.8, 4) is 0 Å². The summed E-state index contributed by atoms with van der Waals surface area (Å²) in [6.07, 6.45) is 2.10. The maximum Gasteiger partial charge on any atom is 0.0717 e. The molecule has 0 N–H and O–H groups in total. The molecule has 0 atom stereocenters. The Kier molecular flexibility index (Phi) is 6.08. The monoisotopic (exact) mass is 357 g/mol. The molecule has 3 aromatic rings. The van der Waals surface area contributed by atoms with Gasteiger partial charge in [-0.1, -0.05) is 71.4 Å². The molecular formula is C24H23NS. The molecule has 3 aromatic carbocycles. The maximum atomic E-state index is 4.89. The van der Waals surface area contributed by atoms with Crippen molar-refractivity contribution >= 4 is 23.2 Å². The van der Waals surface area contributed by atoms with E-state index in [4.69, 9.17) is 4.99 Å². The van der Waals surface area contributed by atoms with Crippen LogP contribution < -0.4 is 0 Å². The fourth-order valence-corrected chi connectivity index (χ4v) is 3.25. The highest BCUT2D eigenvalue weighted by molar-refractivity contribution is 8.02. The molecule has 0 heterocycles. The van der Waals surface area contributed by atoms with Crippen molar-refractivity contribution in [1.29, 1.82) is 0 Å². The molecule has 0 spiro atoms. The molecule has 26 heavy (non-hydrogen) atoms. The Morgan fingerprint density at radius 2 is 1.38 bits per heavy atom. The largest absolute Gasteiger partial charge is 0.248 e. The minimum absolute atomic E-state index is 0.971. The van der Waals surface area contributed by atoms with E-state index in [2.05, 4.69) is 105 Å². The summed E-state index contributed by atoms with van der Waals surface area (Å²) in [5, 5.41) is 2.12. The van der Waals surface area contributed by atoms with Gasteiger partial charge in [0, 0.05) is 10.5 Å². The number of benzene rings is 3. The van der Waals surface area contributed by atoms with E-state index < -0.39 is 0 Å². The van der Waals surface area contributed by atoms with Crippen molar-refractivity contribution in [2.45, 2.75) is 25.7 Å². The average molecular weight is 358 g/mol. The minimum atomic E-state index is 0.971. The van der Waals surface area contributed by atoms with Gasteiger partial charge in [0.15, 0.2) is 0 Å². The van der Waals surface area contributed by atoms with Gasteiger partial charge in [0.05, 0.1) is 11.4 Å². The lowest BCUT2D eigenvalue weighted by molar-refractivity contribution is 1.38. The fraction of sp³-hybridized carbons (Fsp3) is 0.125. The lowest BCUT2D eigenvalue weighted by Crippen LogP contribution is -1.99. The van der Waals surface area contributed by atoms with Gasteiger partial charge in [-0.15, -0.1) is 0 Å². The molecule has 0 amide bonds. The van der Waals surface area contributed by atoms with Crippen LogP contribution in [0.15, 0.2) is 94.2 Å². The van der Waals surface area contributed by atoms with Crippen molar-refractivity contribution in [2.24, 2.45) is 4.99 Å². The third-order valence-corrected chi connectivity index (χ3v) is 4.97. The second-order valence-corrected chi connectivity index (χ2v) is 7.36. The molecule has 3 rings (SSSR count). The Balaban J connectivity index is 1.90. The van der Waals surface area contributed by atoms with E-state index in [9.17, 15) is 0 Å². The minimum Gasteiger partial charge on any atom is -0.248 e. The third kappa shape index (κ3) is 4.96. The molecule has 0 aliphatic heterocycles. The van der Waals surface area contributed by atoms with E-state index in [0.717, 1.165) is 17.0 Å². The van der Waals surface area contributed by atoms with Crippen molar-refractivity contribution in [3.05, 3.63) is 107 Å². The van der Waals surface area contributed by atoms with E-state index in [1.807, 2.05) is 0 Å². The van der Waals surface area contributed by atoms with E-state index in [-0.39, 0.29) is 0 Å². The summed E-state index contributed by atoms with van der Waals surface area (Å²) in [6.45, 7) is 6.32. The predicted molar refractivity (Wildman–Crippen MR) is 115 cm³/mol. The van der Waals surface area contributed by atoms with Crippen LogP contribution in [0.25, 0.3) is 0 Å². The first-order valence-electron chi connectivity index (χ1n) is 8.73. The van der Waals surface area contributed by atoms with Gasteiger partial charge in [0.1, 0.15) is 0 Å². The molecule has 0 fully saturated rings. The maximum absolute atomic E-state index is 4.89. The van der Waals surface area contributed by atoms with Crippen molar-refractivity contribution < 1.29 is 0 Å². The first-order chi connectivity index (χ1) is 12.6. The standard InChI is InChI=1S/C24H23NS/c1-18-8-12-21(13-9-18)25-24(23-7-5-4-6-20(23)3)16-17-26-22-14-10-19(2)11-15-22/h4-17H,1-3H3/b17-16+,25-24?. The Labute approximate surface area is 160 Å². The highest BCUT2D eigenvalue weighted by Crippen LogP contribution is 2.22. The number of aliphatic imine (C=N–C) groups is 1. The first kappa shape index (κ1) is 18.2. The smallest absolute Gasteiger partial charge is 0.0717 e. The Morgan fingerprint density at radius 1 is 0.769 bits per heavy atom. The number of hydrogen-bond donors (Lipinski definition) is 0. The molecule has 0 saturated carbocycles. The normalized spacial score (nSPS) is 11.9. The zero-order chi connectivity index (χ0) is 18.4. The molecule has 0 aliphatic carbocycles. The summed E-state index contributed by atoms with van der Waals surface area (Å²) in [5.74, 6) is 0. The second-order valence-electron chi connectivity index (χ2n) is 6.38. The zero-order valence-corrected chi connectivity index (χ0v) is 16.3. The van der Waals surface area contributed by atoms with Gasteiger partial charge in [0.25, 0.3) is 0 Å². The van der Waals surface area contributed by atoms with E-state index in [1.54, 1.807) is 11.8 Å². The van der Waals surface area contributed by atoms with Gasteiger partial charge in [-0.25, -0.2) is 4.99 Å². The van der Waals surface area contributed by atoms with Crippen LogP contribution in [0, 0.1) is 20.8 Å². The van der Waals surface area contributed by atoms with Crippen LogP contribution in [0.2, 0.25) is 0 Å². The van der Waals surface area contributed by atoms with Crippen LogP contribution in [0.4, 0.5) is 5.69 Å². The van der Waals surface area contributed by atoms with Crippen LogP contribution in [-0.4, -0.2) is 5.71 Å². The summed E-state index contributed by atoms with van der Waals surface area (Å²) >= 11 is 1.71. The first-order valence-corrected chi connectivity index (χ1v) is 9.61. The summed E-state index contributed by atoms with van der Waals surface area (Å²) in [4.78, 5) is 6.12. The molecule has 0 aromatic heterocycles. The number of aryl methyl sites for hydroxylation is 3. The molecule has 0 unspecified atom stereocenters. The highest BCUT2D eigenvalue weighted by atomic mass is 32.2. The summed E-state index contributed by atoms with van der Waals surface area (Å²) in [5.41, 5.74) is 6.86. The summed E-state index contributed by atoms with van der Waals surface area (Å²) in [7, 11) is 0. The Bertz CT molecular complexity index is 919. The predicted octanol–water partition coefficient (Wildman–Crippen LogP) is 7.04. The Hall–Kier alpha value is -2.58. The van der Waals surface area contributed by atoms with Crippen molar-refractivity contribution in [2.75, 3.05) is 0 Å². The molecule has 0 aliphatic rings. The molecule has 1 nitrogen and oxygen atoms in total. The molecule has 0 bridgehead atoms. The van der Waals surface area contributed by atoms with Gasteiger partial charge in [-0.05, 0) is 62.1 Å². The van der Waals surface area contributed by atoms with Gasteiger partial charge in [-0.3, -0.25) is 0 Å². The number of thioether (sulfide) groups is 1. The fourth-order valence-electron chi connectivity index (χ4n) is 2.60. The molecule has 2 heteroatoms. The molecular weight excluding hydrogens is 334 g/mol. The SMILES string of the molecule is Cc1ccc(N=C(/C=C/Sc2ccc(C)cc2)c2ccccc2C)cc1. The van der Waals surface area contributed by atoms with E-state index in [1.165, 1.54) is 21.6 Å². The van der Waals surface area contributed by atoms with Crippen molar-refractivity contribution in [1.82, 2.24) is 0 Å². The summed E-state index contributed by atoms with van der Waals surface area (Å²) in [6, 6.07) is 25.3. The second kappa shape index (κ2) is 8.68. The van der Waals surface area contributed by atoms with Crippen LogP contribution >= 0.6 is 11.8 Å². The number of rotatable bonds is 5. The molecule has 0 saturated heterocycles. The van der Waals surface area contributed by atoms with Crippen LogP contribution in [0.1, 0.15) is 22.3 Å². The third-order valence-electron chi connectivity index (χ3n) is 4.16. The van der Waals surface area contributed by atoms with Crippen LogP contribution in [-0.2, 0) is 0 Å². The number of allylic oxidation sites excluding steroid dienone is 1. The lowest BCUT2D eigenvalue weighted by atomic mass is 10.0. The lowest BCUT2D eigenvalue weighted by Gasteiger charge is -2.07. The topological polar surface area (TPSA) is 12.4 Å². The van der Waals surface area contributed by atoms with Crippen LogP contribution in [0.5, 0.6) is 0 Å². The van der Waals surface area contributed by atoms with Gasteiger partial charge >= 0.3 is 0 Å². The van der Waals surface area contributed by atoms with Gasteiger partial charge < -0.3 is 0 Å². The highest BCUT2D eigenvalue weighted by Gasteiger charge is 2.04.